The quantitative estimate of drug-likeness (QED) is 0.726. The van der Waals surface area contributed by atoms with Gasteiger partial charge in [-0.2, -0.15) is 0 Å². The minimum absolute atomic E-state index is 0.0329. The Hall–Kier alpha value is -2.00. The molecule has 0 fully saturated rings. The fourth-order valence-corrected chi connectivity index (χ4v) is 2.73. The van der Waals surface area contributed by atoms with Crippen LogP contribution in [-0.4, -0.2) is 16.4 Å². The van der Waals surface area contributed by atoms with E-state index in [4.69, 9.17) is 11.6 Å². The summed E-state index contributed by atoms with van der Waals surface area (Å²) >= 11 is 5.53. The molecule has 0 aliphatic carbocycles. The van der Waals surface area contributed by atoms with E-state index in [1.807, 2.05) is 30.3 Å². The largest absolute Gasteiger partial charge is 0.341 e. The predicted molar refractivity (Wildman–Crippen MR) is 84.5 cm³/mol. The molecule has 0 radical (unpaired) electrons. The Morgan fingerprint density at radius 2 is 1.90 bits per heavy atom. The van der Waals surface area contributed by atoms with E-state index in [0.717, 1.165) is 17.7 Å². The number of fused-ring (bicyclic) bond motifs is 3. The molecule has 0 bridgehead atoms. The number of aryl methyl sites for hydroxylation is 1. The van der Waals surface area contributed by atoms with E-state index in [2.05, 4.69) is 28.9 Å². The maximum absolute atomic E-state index is 11.4. The molecule has 3 rings (SSSR count). The number of nitrogens with one attached hydrogen (secondary N) is 1. The highest BCUT2D eigenvalue weighted by Crippen LogP contribution is 2.30. The van der Waals surface area contributed by atoms with Crippen LogP contribution in [0, 0.1) is 0 Å². The van der Waals surface area contributed by atoms with Crippen LogP contribution < -0.4 is 5.32 Å². The highest BCUT2D eigenvalue weighted by molar-refractivity contribution is 6.29. The zero-order valence-corrected chi connectivity index (χ0v) is 11.9. The summed E-state index contributed by atoms with van der Waals surface area (Å²) in [6.07, 6.45) is 0. The Balaban J connectivity index is 2.23. The van der Waals surface area contributed by atoms with Gasteiger partial charge in [0.25, 0.3) is 0 Å². The summed E-state index contributed by atoms with van der Waals surface area (Å²) in [6, 6.07) is 14.3. The fourth-order valence-electron chi connectivity index (χ4n) is 2.66. The lowest BCUT2D eigenvalue weighted by atomic mass is 10.1. The normalized spacial score (nSPS) is 11.1. The third-order valence-electron chi connectivity index (χ3n) is 3.49. The smallest absolute Gasteiger partial charge is 0.239 e. The number of nitrogens with zero attached hydrogens (tertiary/aromatic N) is 1. The first-order valence-electron chi connectivity index (χ1n) is 6.61. The van der Waals surface area contributed by atoms with E-state index in [-0.39, 0.29) is 11.8 Å². The van der Waals surface area contributed by atoms with Crippen molar-refractivity contribution in [3.05, 3.63) is 42.5 Å². The van der Waals surface area contributed by atoms with Crippen molar-refractivity contribution in [2.75, 3.05) is 11.2 Å². The standard InChI is InChI=1S/C16H15ClN2O/c1-2-19-14-6-4-3-5-12(14)13-8-7-11(9-15(13)19)18-16(20)10-17/h3-9H,2,10H2,1H3,(H,18,20). The van der Waals surface area contributed by atoms with Crippen LogP contribution in [0.1, 0.15) is 6.92 Å². The van der Waals surface area contributed by atoms with Gasteiger partial charge in [0.2, 0.25) is 5.91 Å². The third kappa shape index (κ3) is 2.04. The van der Waals surface area contributed by atoms with Gasteiger partial charge in [0.05, 0.1) is 5.52 Å². The number of amides is 1. The van der Waals surface area contributed by atoms with Crippen molar-refractivity contribution in [2.45, 2.75) is 13.5 Å². The number of anilines is 1. The van der Waals surface area contributed by atoms with Crippen LogP contribution in [-0.2, 0) is 11.3 Å². The molecule has 4 heteroatoms. The van der Waals surface area contributed by atoms with E-state index >= 15 is 0 Å². The molecule has 20 heavy (non-hydrogen) atoms. The number of alkyl halides is 1. The van der Waals surface area contributed by atoms with Gasteiger partial charge in [0, 0.05) is 28.5 Å². The monoisotopic (exact) mass is 286 g/mol. The van der Waals surface area contributed by atoms with Crippen molar-refractivity contribution in [3.63, 3.8) is 0 Å². The lowest BCUT2D eigenvalue weighted by Crippen LogP contribution is -2.12. The minimum atomic E-state index is -0.190. The number of para-hydroxylation sites is 1. The van der Waals surface area contributed by atoms with E-state index in [0.29, 0.717) is 0 Å². The molecular weight excluding hydrogens is 272 g/mol. The Morgan fingerprint density at radius 3 is 2.65 bits per heavy atom. The van der Waals surface area contributed by atoms with Gasteiger partial charge in [0.15, 0.2) is 0 Å². The van der Waals surface area contributed by atoms with E-state index in [1.54, 1.807) is 0 Å². The van der Waals surface area contributed by atoms with Gasteiger partial charge in [-0.25, -0.2) is 0 Å². The molecule has 0 aliphatic rings. The minimum Gasteiger partial charge on any atom is -0.341 e. The van der Waals surface area contributed by atoms with Crippen molar-refractivity contribution < 1.29 is 4.79 Å². The molecule has 3 aromatic rings. The third-order valence-corrected chi connectivity index (χ3v) is 3.74. The average Bonchev–Trinajstić information content (AvgIpc) is 2.80. The molecule has 0 aliphatic heterocycles. The van der Waals surface area contributed by atoms with Crippen LogP contribution in [0.2, 0.25) is 0 Å². The van der Waals surface area contributed by atoms with Crippen LogP contribution in [0.4, 0.5) is 5.69 Å². The number of aromatic nitrogens is 1. The Bertz CT molecular complexity index is 792. The number of halogens is 1. The molecule has 1 amide bonds. The summed E-state index contributed by atoms with van der Waals surface area (Å²) in [6.45, 7) is 3.01. The first-order chi connectivity index (χ1) is 9.74. The number of carbonyl (C=O) groups excluding carboxylic acids is 1. The van der Waals surface area contributed by atoms with Gasteiger partial charge in [-0.15, -0.1) is 11.6 Å². The van der Waals surface area contributed by atoms with E-state index < -0.39 is 0 Å². The summed E-state index contributed by atoms with van der Waals surface area (Å²) in [5, 5.41) is 5.23. The van der Waals surface area contributed by atoms with Gasteiger partial charge < -0.3 is 9.88 Å². The van der Waals surface area contributed by atoms with E-state index in [9.17, 15) is 4.79 Å². The first kappa shape index (κ1) is 13.0. The molecule has 3 nitrogen and oxygen atoms in total. The number of rotatable bonds is 3. The van der Waals surface area contributed by atoms with Crippen molar-refractivity contribution in [3.8, 4) is 0 Å². The maximum Gasteiger partial charge on any atom is 0.239 e. The number of hydrogen-bond donors (Lipinski definition) is 1. The molecule has 0 atom stereocenters. The maximum atomic E-state index is 11.4. The topological polar surface area (TPSA) is 34.0 Å². The van der Waals surface area contributed by atoms with Gasteiger partial charge in [-0.1, -0.05) is 24.3 Å². The molecule has 0 spiro atoms. The second-order valence-electron chi connectivity index (χ2n) is 4.68. The summed E-state index contributed by atoms with van der Waals surface area (Å²) in [5.41, 5.74) is 3.12. The first-order valence-corrected chi connectivity index (χ1v) is 7.15. The average molecular weight is 287 g/mol. The van der Waals surface area contributed by atoms with Gasteiger partial charge in [-0.05, 0) is 25.1 Å². The molecule has 102 valence electrons. The molecule has 0 saturated carbocycles. The van der Waals surface area contributed by atoms with Crippen LogP contribution in [0.5, 0.6) is 0 Å². The van der Waals surface area contributed by atoms with Crippen molar-refractivity contribution in [1.29, 1.82) is 0 Å². The second-order valence-corrected chi connectivity index (χ2v) is 4.94. The lowest BCUT2D eigenvalue weighted by molar-refractivity contribution is -0.113. The van der Waals surface area contributed by atoms with Crippen LogP contribution in [0.3, 0.4) is 0 Å². The Kier molecular flexibility index (Phi) is 3.36. The van der Waals surface area contributed by atoms with E-state index in [1.165, 1.54) is 16.3 Å². The fraction of sp³-hybridized carbons (Fsp3) is 0.188. The van der Waals surface area contributed by atoms with Crippen molar-refractivity contribution >= 4 is 45.0 Å². The SMILES string of the molecule is CCn1c2ccccc2c2ccc(NC(=O)CCl)cc21. The zero-order chi connectivity index (χ0) is 14.1. The Morgan fingerprint density at radius 1 is 1.15 bits per heavy atom. The summed E-state index contributed by atoms with van der Waals surface area (Å²) in [7, 11) is 0. The van der Waals surface area contributed by atoms with Crippen LogP contribution in [0.15, 0.2) is 42.5 Å². The number of hydrogen-bond acceptors (Lipinski definition) is 1. The summed E-state index contributed by atoms with van der Waals surface area (Å²) in [5.74, 6) is -0.223. The molecule has 1 aromatic heterocycles. The van der Waals surface area contributed by atoms with Crippen molar-refractivity contribution in [2.24, 2.45) is 0 Å². The molecule has 0 saturated heterocycles. The molecule has 1 heterocycles. The van der Waals surface area contributed by atoms with Gasteiger partial charge in [0.1, 0.15) is 5.88 Å². The van der Waals surface area contributed by atoms with Gasteiger partial charge >= 0.3 is 0 Å². The lowest BCUT2D eigenvalue weighted by Gasteiger charge is -2.06. The van der Waals surface area contributed by atoms with Crippen molar-refractivity contribution in [1.82, 2.24) is 4.57 Å². The summed E-state index contributed by atoms with van der Waals surface area (Å²) < 4.78 is 2.25. The zero-order valence-electron chi connectivity index (χ0n) is 11.2. The molecular formula is C16H15ClN2O. The molecule has 2 aromatic carbocycles. The highest BCUT2D eigenvalue weighted by atomic mass is 35.5. The highest BCUT2D eigenvalue weighted by Gasteiger charge is 2.10. The molecule has 1 N–H and O–H groups in total. The Labute approximate surface area is 122 Å². The number of benzene rings is 2. The number of carbonyl (C=O) groups is 1. The summed E-state index contributed by atoms with van der Waals surface area (Å²) in [4.78, 5) is 11.4. The second kappa shape index (κ2) is 5.17. The van der Waals surface area contributed by atoms with Gasteiger partial charge in [-0.3, -0.25) is 4.79 Å². The molecule has 0 unspecified atom stereocenters. The van der Waals surface area contributed by atoms with Crippen LogP contribution >= 0.6 is 11.6 Å². The predicted octanol–water partition coefficient (Wildman–Crippen LogP) is 3.99. The van der Waals surface area contributed by atoms with Crippen LogP contribution in [0.25, 0.3) is 21.8 Å².